The lowest BCUT2D eigenvalue weighted by atomic mass is 9.77. The average molecular weight is 583 g/mol. The molecule has 10 heteroatoms. The van der Waals surface area contributed by atoms with E-state index in [1.54, 1.807) is 26.5 Å². The topological polar surface area (TPSA) is 101 Å². The van der Waals surface area contributed by atoms with Gasteiger partial charge in [-0.05, 0) is 73.6 Å². The van der Waals surface area contributed by atoms with Gasteiger partial charge in [-0.25, -0.2) is 0 Å². The number of pyridine rings is 1. The van der Waals surface area contributed by atoms with Gasteiger partial charge in [-0.15, -0.1) is 0 Å². The van der Waals surface area contributed by atoms with Crippen molar-refractivity contribution < 1.29 is 23.9 Å². The fraction of sp³-hybridized carbons (Fsp3) is 0.548. The molecule has 3 aliphatic rings. The zero-order valence-corrected chi connectivity index (χ0v) is 24.6. The Kier molecular flexibility index (Phi) is 9.32. The maximum atomic E-state index is 13.8. The molecule has 0 saturated carbocycles. The second-order valence-electron chi connectivity index (χ2n) is 11.4. The molecule has 41 heavy (non-hydrogen) atoms. The van der Waals surface area contributed by atoms with E-state index in [-0.39, 0.29) is 35.6 Å². The Morgan fingerprint density at radius 2 is 1.85 bits per heavy atom. The lowest BCUT2D eigenvalue weighted by Crippen LogP contribution is -2.60. The number of nitrogens with one attached hydrogen (secondary N) is 1. The summed E-state index contributed by atoms with van der Waals surface area (Å²) in [6.07, 6.45) is 8.39. The van der Waals surface area contributed by atoms with Crippen LogP contribution in [0.2, 0.25) is 5.02 Å². The van der Waals surface area contributed by atoms with Gasteiger partial charge in [-0.1, -0.05) is 17.7 Å². The molecule has 0 radical (unpaired) electrons. The van der Waals surface area contributed by atoms with Crippen molar-refractivity contribution in [2.45, 2.75) is 57.4 Å². The van der Waals surface area contributed by atoms with Crippen LogP contribution in [0.15, 0.2) is 30.6 Å². The van der Waals surface area contributed by atoms with Crippen LogP contribution in [0.4, 0.5) is 0 Å². The highest BCUT2D eigenvalue weighted by Gasteiger charge is 2.43. The molecule has 1 aromatic heterocycles. The van der Waals surface area contributed by atoms with Gasteiger partial charge in [0.2, 0.25) is 11.8 Å². The molecule has 3 aliphatic heterocycles. The van der Waals surface area contributed by atoms with Crippen LogP contribution in [-0.2, 0) is 22.4 Å². The number of hydrogen-bond donors (Lipinski definition) is 1. The standard InChI is InChI=1S/C31H39ClN4O5/c1-40-27-13-20-8-9-29(38)36-18-21-12-24(19-35(17-21)31(39)23-14-25(32)16-33-15-23)26(36)6-3-7-28(37)34-10-4-5-22(11-20)30(27)41-2/h11,13-16,21,24,26H,3-10,12,17-19H2,1-2H3,(H,34,37)/t21-,24+,26-/m0/s1. The second-order valence-corrected chi connectivity index (χ2v) is 11.8. The molecule has 3 atom stereocenters. The van der Waals surface area contributed by atoms with Gasteiger partial charge in [0.25, 0.3) is 5.91 Å². The van der Waals surface area contributed by atoms with Gasteiger partial charge in [0.15, 0.2) is 11.5 Å². The number of nitrogens with zero attached hydrogens (tertiary/aromatic N) is 3. The maximum Gasteiger partial charge on any atom is 0.255 e. The molecule has 2 saturated heterocycles. The second kappa shape index (κ2) is 13.1. The van der Waals surface area contributed by atoms with Gasteiger partial charge in [0, 0.05) is 57.5 Å². The Morgan fingerprint density at radius 3 is 2.63 bits per heavy atom. The summed E-state index contributed by atoms with van der Waals surface area (Å²) in [5.74, 6) is 1.77. The SMILES string of the molecule is COc1cc2cc(c1OC)CCCNC(=O)CCC[C@H]1[C@@H]3C[C@@H](CN(C(=O)c4cncc(Cl)c4)C3)CN1C(=O)CC2. The first-order chi connectivity index (χ1) is 19.9. The van der Waals surface area contributed by atoms with E-state index in [9.17, 15) is 14.4 Å². The summed E-state index contributed by atoms with van der Waals surface area (Å²) in [4.78, 5) is 47.8. The highest BCUT2D eigenvalue weighted by atomic mass is 35.5. The first-order valence-electron chi connectivity index (χ1n) is 14.6. The number of ether oxygens (including phenoxy) is 2. The van der Waals surface area contributed by atoms with Crippen LogP contribution in [0.25, 0.3) is 0 Å². The predicted octanol–water partition coefficient (Wildman–Crippen LogP) is 3.91. The fourth-order valence-corrected chi connectivity index (χ4v) is 6.95. The van der Waals surface area contributed by atoms with Gasteiger partial charge >= 0.3 is 0 Å². The number of rotatable bonds is 3. The quantitative estimate of drug-likeness (QED) is 0.589. The van der Waals surface area contributed by atoms with Gasteiger partial charge in [0.05, 0.1) is 24.8 Å². The van der Waals surface area contributed by atoms with Gasteiger partial charge in [-0.2, -0.15) is 0 Å². The molecule has 4 heterocycles. The molecule has 1 aromatic carbocycles. The molecule has 4 bridgehead atoms. The lowest BCUT2D eigenvalue weighted by Gasteiger charge is -2.51. The number of halogens is 1. The molecule has 220 valence electrons. The summed E-state index contributed by atoms with van der Waals surface area (Å²) >= 11 is 6.10. The van der Waals surface area contributed by atoms with Crippen LogP contribution >= 0.6 is 11.6 Å². The summed E-state index contributed by atoms with van der Waals surface area (Å²) in [7, 11) is 3.25. The number of hydrogen-bond acceptors (Lipinski definition) is 6. The van der Waals surface area contributed by atoms with Gasteiger partial charge in [-0.3, -0.25) is 19.4 Å². The van der Waals surface area contributed by atoms with Crippen molar-refractivity contribution >= 4 is 29.3 Å². The molecular formula is C31H39ClN4O5. The molecule has 3 amide bonds. The van der Waals surface area contributed by atoms with Crippen molar-refractivity contribution in [1.29, 1.82) is 0 Å². The normalized spacial score (nSPS) is 23.8. The number of likely N-dealkylation sites (tertiary alicyclic amines) is 1. The van der Waals surface area contributed by atoms with E-state index < -0.39 is 0 Å². The third-order valence-electron chi connectivity index (χ3n) is 8.62. The highest BCUT2D eigenvalue weighted by Crippen LogP contribution is 2.37. The summed E-state index contributed by atoms with van der Waals surface area (Å²) < 4.78 is 11.3. The maximum absolute atomic E-state index is 13.8. The minimum Gasteiger partial charge on any atom is -0.493 e. The Bertz CT molecular complexity index is 1290. The summed E-state index contributed by atoms with van der Waals surface area (Å²) in [5, 5.41) is 3.48. The molecular weight excluding hydrogens is 544 g/mol. The Labute approximate surface area is 246 Å². The van der Waals surface area contributed by atoms with Crippen molar-refractivity contribution in [1.82, 2.24) is 20.1 Å². The van der Waals surface area contributed by atoms with E-state index >= 15 is 0 Å². The van der Waals surface area contributed by atoms with Crippen LogP contribution in [-0.4, -0.2) is 78.9 Å². The van der Waals surface area contributed by atoms with Crippen LogP contribution in [0.1, 0.15) is 60.0 Å². The lowest BCUT2D eigenvalue weighted by molar-refractivity contribution is -0.140. The Balaban J connectivity index is 1.37. The molecule has 5 rings (SSSR count). The van der Waals surface area contributed by atoms with Crippen molar-refractivity contribution in [2.75, 3.05) is 40.4 Å². The first-order valence-corrected chi connectivity index (χ1v) is 14.9. The predicted molar refractivity (Wildman–Crippen MR) is 155 cm³/mol. The van der Waals surface area contributed by atoms with E-state index in [2.05, 4.69) is 16.4 Å². The zero-order chi connectivity index (χ0) is 28.9. The Hall–Kier alpha value is -3.33. The third kappa shape index (κ3) is 6.77. The number of carbonyl (C=O) groups is 3. The van der Waals surface area contributed by atoms with Crippen molar-refractivity contribution in [2.24, 2.45) is 11.8 Å². The van der Waals surface area contributed by atoms with Gasteiger partial charge in [0.1, 0.15) is 0 Å². The number of amides is 3. The summed E-state index contributed by atoms with van der Waals surface area (Å²) in [5.41, 5.74) is 2.53. The van der Waals surface area contributed by atoms with Crippen LogP contribution in [0.5, 0.6) is 11.5 Å². The largest absolute Gasteiger partial charge is 0.493 e. The number of aryl methyl sites for hydroxylation is 2. The molecule has 9 nitrogen and oxygen atoms in total. The van der Waals surface area contributed by atoms with Crippen LogP contribution < -0.4 is 14.8 Å². The van der Waals surface area contributed by atoms with Crippen LogP contribution in [0.3, 0.4) is 0 Å². The van der Waals surface area contributed by atoms with Crippen molar-refractivity contribution in [3.63, 3.8) is 0 Å². The molecule has 0 unspecified atom stereocenters. The summed E-state index contributed by atoms with van der Waals surface area (Å²) in [6.45, 7) is 2.37. The minimum atomic E-state index is -0.0775. The highest BCUT2D eigenvalue weighted by molar-refractivity contribution is 6.30. The number of aromatic nitrogens is 1. The number of carbonyl (C=O) groups excluding carboxylic acids is 3. The average Bonchev–Trinajstić information content (AvgIpc) is 2.97. The number of piperidine rings is 2. The number of benzene rings is 1. The molecule has 0 aliphatic carbocycles. The van der Waals surface area contributed by atoms with Crippen molar-refractivity contribution in [3.8, 4) is 11.5 Å². The number of methoxy groups -OCH3 is 2. The van der Waals surface area contributed by atoms with E-state index in [1.807, 2.05) is 15.9 Å². The minimum absolute atomic E-state index is 0.0199. The number of fused-ring (bicyclic) bond motifs is 6. The smallest absolute Gasteiger partial charge is 0.255 e. The monoisotopic (exact) mass is 582 g/mol. The third-order valence-corrected chi connectivity index (χ3v) is 8.83. The molecule has 2 fully saturated rings. The van der Waals surface area contributed by atoms with Crippen molar-refractivity contribution in [3.05, 3.63) is 52.3 Å². The van der Waals surface area contributed by atoms with Gasteiger partial charge < -0.3 is 24.6 Å². The molecule has 0 spiro atoms. The molecule has 2 aromatic rings. The van der Waals surface area contributed by atoms with E-state index in [4.69, 9.17) is 21.1 Å². The molecule has 1 N–H and O–H groups in total. The van der Waals surface area contributed by atoms with E-state index in [0.29, 0.717) is 73.9 Å². The van der Waals surface area contributed by atoms with Crippen LogP contribution in [0, 0.1) is 11.8 Å². The summed E-state index contributed by atoms with van der Waals surface area (Å²) in [6, 6.07) is 5.69. The van der Waals surface area contributed by atoms with E-state index in [1.165, 1.54) is 6.20 Å². The fourth-order valence-electron chi connectivity index (χ4n) is 6.78. The zero-order valence-electron chi connectivity index (χ0n) is 23.9. The Morgan fingerprint density at radius 1 is 1.00 bits per heavy atom. The first kappa shape index (κ1) is 29.2. The van der Waals surface area contributed by atoms with E-state index in [0.717, 1.165) is 36.8 Å².